The second kappa shape index (κ2) is 4.66. The molecule has 0 saturated heterocycles. The molecule has 0 saturated carbocycles. The lowest BCUT2D eigenvalue weighted by atomic mass is 9.86. The Bertz CT molecular complexity index is 475. The Balaban J connectivity index is 2.28. The zero-order valence-electron chi connectivity index (χ0n) is 13.0. The molecule has 1 atom stereocenters. The highest BCUT2D eigenvalue weighted by atomic mass is 15.1. The summed E-state index contributed by atoms with van der Waals surface area (Å²) in [5, 5.41) is 3.55. The van der Waals surface area contributed by atoms with Crippen molar-refractivity contribution in [3.8, 4) is 0 Å². The topological polar surface area (TPSA) is 24.4 Å². The van der Waals surface area contributed by atoms with E-state index < -0.39 is 0 Å². The van der Waals surface area contributed by atoms with Gasteiger partial charge in [0.1, 0.15) is 5.84 Å². The molecular formula is C17H26N2. The molecule has 2 rings (SSSR count). The number of nitrogens with one attached hydrogen (secondary N) is 1. The minimum Gasteiger partial charge on any atom is -0.365 e. The zero-order chi connectivity index (χ0) is 14.3. The predicted octanol–water partition coefficient (Wildman–Crippen LogP) is 3.89. The van der Waals surface area contributed by atoms with Gasteiger partial charge in [0.2, 0.25) is 0 Å². The lowest BCUT2D eigenvalue weighted by Crippen LogP contribution is -2.49. The molecule has 0 bridgehead atoms. The molecule has 0 unspecified atom stereocenters. The van der Waals surface area contributed by atoms with Crippen LogP contribution in [0.25, 0.3) is 0 Å². The smallest absolute Gasteiger partial charge is 0.128 e. The Hall–Kier alpha value is -1.31. The minimum atomic E-state index is 0.124. The van der Waals surface area contributed by atoms with E-state index in [0.717, 1.165) is 12.3 Å². The van der Waals surface area contributed by atoms with E-state index in [4.69, 9.17) is 4.99 Å². The van der Waals surface area contributed by atoms with Crippen LogP contribution in [0.15, 0.2) is 29.3 Å². The molecular weight excluding hydrogens is 232 g/mol. The number of benzene rings is 1. The van der Waals surface area contributed by atoms with Gasteiger partial charge in [0.15, 0.2) is 0 Å². The molecule has 0 spiro atoms. The van der Waals surface area contributed by atoms with Gasteiger partial charge in [-0.15, -0.1) is 0 Å². The maximum absolute atomic E-state index is 4.75. The molecule has 0 aromatic heterocycles. The second-order valence-electron chi connectivity index (χ2n) is 7.37. The quantitative estimate of drug-likeness (QED) is 0.812. The van der Waals surface area contributed by atoms with Gasteiger partial charge in [-0.2, -0.15) is 0 Å². The zero-order valence-corrected chi connectivity index (χ0v) is 13.0. The van der Waals surface area contributed by atoms with E-state index in [0.29, 0.717) is 6.04 Å². The Morgan fingerprint density at radius 1 is 1.16 bits per heavy atom. The molecule has 104 valence electrons. The molecule has 1 N–H and O–H groups in total. The largest absolute Gasteiger partial charge is 0.365 e. The van der Waals surface area contributed by atoms with Crippen LogP contribution >= 0.6 is 0 Å². The highest BCUT2D eigenvalue weighted by molar-refractivity contribution is 5.99. The Morgan fingerprint density at radius 2 is 1.74 bits per heavy atom. The molecule has 1 aliphatic heterocycles. The average Bonchev–Trinajstić information content (AvgIpc) is 2.25. The summed E-state index contributed by atoms with van der Waals surface area (Å²) in [5.74, 6) is 1.03. The Morgan fingerprint density at radius 3 is 2.21 bits per heavy atom. The van der Waals surface area contributed by atoms with E-state index in [-0.39, 0.29) is 11.0 Å². The third kappa shape index (κ3) is 3.37. The van der Waals surface area contributed by atoms with Crippen molar-refractivity contribution in [2.75, 3.05) is 0 Å². The van der Waals surface area contributed by atoms with Crippen LogP contribution in [-0.2, 0) is 5.41 Å². The molecule has 19 heavy (non-hydrogen) atoms. The highest BCUT2D eigenvalue weighted by Gasteiger charge is 2.27. The van der Waals surface area contributed by atoms with E-state index in [9.17, 15) is 0 Å². The maximum atomic E-state index is 4.75. The summed E-state index contributed by atoms with van der Waals surface area (Å²) in [4.78, 5) is 4.75. The van der Waals surface area contributed by atoms with E-state index >= 15 is 0 Å². The average molecular weight is 258 g/mol. The van der Waals surface area contributed by atoms with Crippen molar-refractivity contribution >= 4 is 5.84 Å². The summed E-state index contributed by atoms with van der Waals surface area (Å²) in [6.07, 6.45) is 1.08. The van der Waals surface area contributed by atoms with Crippen LogP contribution < -0.4 is 5.32 Å². The summed E-state index contributed by atoms with van der Waals surface area (Å²) in [6.45, 7) is 13.4. The third-order valence-electron chi connectivity index (χ3n) is 3.64. The van der Waals surface area contributed by atoms with E-state index in [2.05, 4.69) is 71.1 Å². The van der Waals surface area contributed by atoms with Crippen LogP contribution in [0.3, 0.4) is 0 Å². The molecule has 0 fully saturated rings. The van der Waals surface area contributed by atoms with Gasteiger partial charge in [-0.05, 0) is 38.2 Å². The second-order valence-corrected chi connectivity index (χ2v) is 7.37. The van der Waals surface area contributed by atoms with Gasteiger partial charge >= 0.3 is 0 Å². The van der Waals surface area contributed by atoms with Crippen LogP contribution in [0.1, 0.15) is 59.1 Å². The molecule has 1 aliphatic rings. The fourth-order valence-corrected chi connectivity index (χ4v) is 2.68. The van der Waals surface area contributed by atoms with E-state index in [1.165, 1.54) is 11.1 Å². The van der Waals surface area contributed by atoms with E-state index in [1.54, 1.807) is 0 Å². The molecule has 2 heteroatoms. The maximum Gasteiger partial charge on any atom is 0.128 e. The first kappa shape index (κ1) is 14.1. The van der Waals surface area contributed by atoms with Crippen molar-refractivity contribution in [3.05, 3.63) is 35.4 Å². The van der Waals surface area contributed by atoms with Gasteiger partial charge < -0.3 is 5.32 Å². The molecule has 1 aromatic rings. The summed E-state index contributed by atoms with van der Waals surface area (Å²) < 4.78 is 0. The number of amidine groups is 1. The first-order valence-corrected chi connectivity index (χ1v) is 7.14. The summed E-state index contributed by atoms with van der Waals surface area (Å²) in [5.41, 5.74) is 2.87. The number of nitrogens with zero attached hydrogens (tertiary/aromatic N) is 1. The summed E-state index contributed by atoms with van der Waals surface area (Å²) in [7, 11) is 0. The first-order chi connectivity index (χ1) is 8.67. The van der Waals surface area contributed by atoms with E-state index in [1.807, 2.05) is 0 Å². The van der Waals surface area contributed by atoms with Gasteiger partial charge in [0.25, 0.3) is 0 Å². The monoisotopic (exact) mass is 258 g/mol. The van der Waals surface area contributed by atoms with Crippen molar-refractivity contribution < 1.29 is 0 Å². The normalized spacial score (nSPS) is 22.6. The molecule has 1 aromatic carbocycles. The lowest BCUT2D eigenvalue weighted by molar-refractivity contribution is 0.374. The fourth-order valence-electron chi connectivity index (χ4n) is 2.68. The number of rotatable bonds is 1. The SMILES string of the molecule is C[C@H]1CC(C)(C)NC(c2ccc(C(C)(C)C)cc2)=N1. The van der Waals surface area contributed by atoms with Crippen molar-refractivity contribution in [2.24, 2.45) is 4.99 Å². The van der Waals surface area contributed by atoms with Gasteiger partial charge in [-0.3, -0.25) is 4.99 Å². The van der Waals surface area contributed by atoms with Crippen molar-refractivity contribution in [2.45, 2.75) is 65.0 Å². The molecule has 0 amide bonds. The molecule has 0 aliphatic carbocycles. The molecule has 0 radical (unpaired) electrons. The Kier molecular flexibility index (Phi) is 3.46. The van der Waals surface area contributed by atoms with Crippen LogP contribution in [0.2, 0.25) is 0 Å². The number of aliphatic imine (C=N–C) groups is 1. The predicted molar refractivity (Wildman–Crippen MR) is 83.0 cm³/mol. The first-order valence-electron chi connectivity index (χ1n) is 7.14. The summed E-state index contributed by atoms with van der Waals surface area (Å²) >= 11 is 0. The minimum absolute atomic E-state index is 0.124. The van der Waals surface area contributed by atoms with Crippen LogP contribution in [0.4, 0.5) is 0 Å². The Labute approximate surface area is 117 Å². The number of hydrogen-bond donors (Lipinski definition) is 1. The van der Waals surface area contributed by atoms with Crippen molar-refractivity contribution in [1.82, 2.24) is 5.32 Å². The summed E-state index contributed by atoms with van der Waals surface area (Å²) in [6, 6.07) is 9.17. The van der Waals surface area contributed by atoms with Gasteiger partial charge in [-0.1, -0.05) is 45.0 Å². The van der Waals surface area contributed by atoms with Crippen LogP contribution in [-0.4, -0.2) is 17.4 Å². The third-order valence-corrected chi connectivity index (χ3v) is 3.64. The molecule has 2 nitrogen and oxygen atoms in total. The van der Waals surface area contributed by atoms with Crippen molar-refractivity contribution in [1.29, 1.82) is 0 Å². The van der Waals surface area contributed by atoms with Gasteiger partial charge in [-0.25, -0.2) is 0 Å². The standard InChI is InChI=1S/C17H26N2/c1-12-11-17(5,6)19-15(18-12)13-7-9-14(10-8-13)16(2,3)4/h7-10,12H,11H2,1-6H3,(H,18,19)/t12-/m0/s1. The lowest BCUT2D eigenvalue weighted by Gasteiger charge is -2.35. The number of hydrogen-bond acceptors (Lipinski definition) is 2. The fraction of sp³-hybridized carbons (Fsp3) is 0.588. The van der Waals surface area contributed by atoms with Crippen LogP contribution in [0.5, 0.6) is 0 Å². The van der Waals surface area contributed by atoms with Crippen molar-refractivity contribution in [3.63, 3.8) is 0 Å². The van der Waals surface area contributed by atoms with Gasteiger partial charge in [0, 0.05) is 11.1 Å². The van der Waals surface area contributed by atoms with Gasteiger partial charge in [0.05, 0.1) is 6.04 Å². The molecule has 1 heterocycles. The highest BCUT2D eigenvalue weighted by Crippen LogP contribution is 2.24. The van der Waals surface area contributed by atoms with Crippen LogP contribution in [0, 0.1) is 0 Å².